The van der Waals surface area contributed by atoms with E-state index in [0.29, 0.717) is 6.61 Å². The highest BCUT2D eigenvalue weighted by molar-refractivity contribution is 5.92. The van der Waals surface area contributed by atoms with Crippen LogP contribution in [0, 0.1) is 0 Å². The van der Waals surface area contributed by atoms with E-state index in [-0.39, 0.29) is 42.8 Å². The molecule has 150 valence electrons. The Hall–Kier alpha value is -1.53. The van der Waals surface area contributed by atoms with E-state index in [2.05, 4.69) is 35.1 Å². The van der Waals surface area contributed by atoms with Crippen LogP contribution in [-0.4, -0.2) is 21.8 Å². The van der Waals surface area contributed by atoms with E-state index in [0.717, 1.165) is 46.3 Å². The van der Waals surface area contributed by atoms with E-state index in [4.69, 9.17) is 10.5 Å². The smallest absolute Gasteiger partial charge is 0.139 e. The van der Waals surface area contributed by atoms with Gasteiger partial charge in [0.05, 0.1) is 29.4 Å². The molecule has 0 spiro atoms. The van der Waals surface area contributed by atoms with Crippen molar-refractivity contribution in [2.24, 2.45) is 5.73 Å². The molecule has 8 heteroatoms. The van der Waals surface area contributed by atoms with Crippen LogP contribution in [0.5, 0.6) is 5.75 Å². The predicted octanol–water partition coefficient (Wildman–Crippen LogP) is 5.26. The minimum absolute atomic E-state index is 0. The largest absolute Gasteiger partial charge is 0.492 e. The Labute approximate surface area is 178 Å². The first-order valence-corrected chi connectivity index (χ1v) is 8.47. The molecule has 5 nitrogen and oxygen atoms in total. The van der Waals surface area contributed by atoms with Crippen molar-refractivity contribution in [2.45, 2.75) is 39.2 Å². The summed E-state index contributed by atoms with van der Waals surface area (Å²) in [6.07, 6.45) is 5.44. The van der Waals surface area contributed by atoms with E-state index in [1.54, 1.807) is 6.20 Å². The van der Waals surface area contributed by atoms with Gasteiger partial charge in [0.1, 0.15) is 5.75 Å². The first-order valence-electron chi connectivity index (χ1n) is 8.47. The van der Waals surface area contributed by atoms with E-state index < -0.39 is 0 Å². The van der Waals surface area contributed by atoms with Crippen LogP contribution in [0.2, 0.25) is 0 Å². The number of aromatic nitrogens is 3. The number of halogens is 3. The van der Waals surface area contributed by atoms with Crippen LogP contribution in [0.3, 0.4) is 0 Å². The van der Waals surface area contributed by atoms with Gasteiger partial charge in [-0.15, -0.1) is 37.2 Å². The van der Waals surface area contributed by atoms with E-state index in [1.807, 2.05) is 31.3 Å². The second kappa shape index (κ2) is 10.7. The summed E-state index contributed by atoms with van der Waals surface area (Å²) in [6.45, 7) is 6.78. The maximum absolute atomic E-state index is 6.47. The Morgan fingerprint density at radius 2 is 1.70 bits per heavy atom. The van der Waals surface area contributed by atoms with Crippen molar-refractivity contribution in [3.63, 3.8) is 0 Å². The molecule has 0 fully saturated rings. The van der Waals surface area contributed by atoms with Gasteiger partial charge in [-0.3, -0.25) is 10.1 Å². The van der Waals surface area contributed by atoms with Gasteiger partial charge in [0.25, 0.3) is 0 Å². The second-order valence-electron chi connectivity index (χ2n) is 6.00. The van der Waals surface area contributed by atoms with Gasteiger partial charge in [-0.25, -0.2) is 0 Å². The number of benzene rings is 1. The van der Waals surface area contributed by atoms with Crippen LogP contribution in [0.25, 0.3) is 22.2 Å². The normalized spacial score (nSPS) is 10.5. The summed E-state index contributed by atoms with van der Waals surface area (Å²) in [5.41, 5.74) is 10.0. The fraction of sp³-hybridized carbons (Fsp3) is 0.368. The van der Waals surface area contributed by atoms with Gasteiger partial charge in [0.2, 0.25) is 0 Å². The fourth-order valence-electron chi connectivity index (χ4n) is 3.00. The summed E-state index contributed by atoms with van der Waals surface area (Å²) >= 11 is 0. The molecule has 2 heterocycles. The van der Waals surface area contributed by atoms with Crippen molar-refractivity contribution < 1.29 is 4.74 Å². The highest BCUT2D eigenvalue weighted by Crippen LogP contribution is 2.36. The Bertz CT molecular complexity index is 833. The van der Waals surface area contributed by atoms with Crippen molar-refractivity contribution in [2.75, 3.05) is 6.61 Å². The van der Waals surface area contributed by atoms with Gasteiger partial charge in [-0.2, -0.15) is 5.10 Å². The highest BCUT2D eigenvalue weighted by atomic mass is 35.5. The summed E-state index contributed by atoms with van der Waals surface area (Å²) in [6, 6.07) is 8.11. The molecule has 27 heavy (non-hydrogen) atoms. The molecule has 0 aliphatic carbocycles. The quantitative estimate of drug-likeness (QED) is 0.555. The maximum Gasteiger partial charge on any atom is 0.139 e. The zero-order chi connectivity index (χ0) is 17.2. The van der Waals surface area contributed by atoms with Crippen LogP contribution < -0.4 is 10.5 Å². The number of aromatic amines is 1. The standard InChI is InChI=1S/C19H24N4O.3ClH/c1-4-19(20,5-2)13-7-9-16(21-11-13)14-8-10-17-15(12-22-23-17)18(14)24-6-3;;;/h7-12H,4-6,20H2,1-3H3,(H,22,23);3*1H. The summed E-state index contributed by atoms with van der Waals surface area (Å²) in [7, 11) is 0. The van der Waals surface area contributed by atoms with Gasteiger partial charge in [0.15, 0.2) is 0 Å². The number of ether oxygens (including phenoxy) is 1. The molecule has 0 aliphatic rings. The Morgan fingerprint density at radius 1 is 1.00 bits per heavy atom. The number of nitrogens with zero attached hydrogens (tertiary/aromatic N) is 2. The molecule has 0 unspecified atom stereocenters. The number of nitrogens with two attached hydrogens (primary N) is 1. The fourth-order valence-corrected chi connectivity index (χ4v) is 3.00. The van der Waals surface area contributed by atoms with Crippen molar-refractivity contribution >= 4 is 48.1 Å². The molecular formula is C19H27Cl3N4O. The molecule has 2 aromatic heterocycles. The predicted molar refractivity (Wildman–Crippen MR) is 119 cm³/mol. The SMILES string of the molecule is CCOc1c(-c2ccc(C(N)(CC)CC)cn2)ccc2[nH]ncc12.Cl.Cl.Cl. The topological polar surface area (TPSA) is 76.8 Å². The molecule has 1 aromatic carbocycles. The van der Waals surface area contributed by atoms with Gasteiger partial charge < -0.3 is 10.5 Å². The first kappa shape index (κ1) is 25.5. The average molecular weight is 434 g/mol. The van der Waals surface area contributed by atoms with Crippen molar-refractivity contribution in [1.29, 1.82) is 0 Å². The number of hydrogen-bond donors (Lipinski definition) is 2. The van der Waals surface area contributed by atoms with Gasteiger partial charge in [-0.05, 0) is 43.5 Å². The molecule has 0 aliphatic heterocycles. The van der Waals surface area contributed by atoms with Crippen LogP contribution in [-0.2, 0) is 5.54 Å². The lowest BCUT2D eigenvalue weighted by Gasteiger charge is -2.27. The highest BCUT2D eigenvalue weighted by Gasteiger charge is 2.23. The molecule has 3 rings (SSSR count). The summed E-state index contributed by atoms with van der Waals surface area (Å²) in [5, 5.41) is 8.05. The molecule has 0 saturated carbocycles. The molecule has 0 radical (unpaired) electrons. The lowest BCUT2D eigenvalue weighted by atomic mass is 9.87. The minimum atomic E-state index is -0.317. The maximum atomic E-state index is 6.47. The lowest BCUT2D eigenvalue weighted by molar-refractivity contribution is 0.345. The summed E-state index contributed by atoms with van der Waals surface area (Å²) in [5.74, 6) is 0.814. The van der Waals surface area contributed by atoms with Crippen molar-refractivity contribution in [3.05, 3.63) is 42.2 Å². The van der Waals surface area contributed by atoms with Crippen LogP contribution in [0.15, 0.2) is 36.7 Å². The summed E-state index contributed by atoms with van der Waals surface area (Å²) < 4.78 is 5.88. The molecule has 3 aromatic rings. The van der Waals surface area contributed by atoms with Gasteiger partial charge >= 0.3 is 0 Å². The third kappa shape index (κ3) is 4.85. The Balaban J connectivity index is 0.00000225. The molecule has 0 atom stereocenters. The van der Waals surface area contributed by atoms with E-state index in [1.165, 1.54) is 0 Å². The molecule has 0 amide bonds. The molecule has 0 bridgehead atoms. The molecular weight excluding hydrogens is 407 g/mol. The minimum Gasteiger partial charge on any atom is -0.492 e. The van der Waals surface area contributed by atoms with Crippen molar-refractivity contribution in [1.82, 2.24) is 15.2 Å². The lowest BCUT2D eigenvalue weighted by Crippen LogP contribution is -2.35. The summed E-state index contributed by atoms with van der Waals surface area (Å²) in [4.78, 5) is 4.65. The molecule has 0 saturated heterocycles. The number of fused-ring (bicyclic) bond motifs is 1. The zero-order valence-electron chi connectivity index (χ0n) is 15.7. The zero-order valence-corrected chi connectivity index (χ0v) is 18.1. The van der Waals surface area contributed by atoms with Crippen LogP contribution >= 0.6 is 37.2 Å². The Kier molecular flexibility index (Phi) is 10.1. The number of H-pyrrole nitrogens is 1. The number of hydrogen-bond acceptors (Lipinski definition) is 4. The van der Waals surface area contributed by atoms with Crippen molar-refractivity contribution in [3.8, 4) is 17.0 Å². The third-order valence-corrected chi connectivity index (χ3v) is 4.74. The van der Waals surface area contributed by atoms with Gasteiger partial charge in [0, 0.05) is 17.3 Å². The van der Waals surface area contributed by atoms with Crippen LogP contribution in [0.1, 0.15) is 39.2 Å². The number of nitrogens with one attached hydrogen (secondary N) is 1. The van der Waals surface area contributed by atoms with Crippen LogP contribution in [0.4, 0.5) is 0 Å². The number of pyridine rings is 1. The number of rotatable bonds is 6. The Morgan fingerprint density at radius 3 is 2.26 bits per heavy atom. The molecule has 3 N–H and O–H groups in total. The van der Waals surface area contributed by atoms with E-state index >= 15 is 0 Å². The van der Waals surface area contributed by atoms with Gasteiger partial charge in [-0.1, -0.05) is 19.9 Å². The van der Waals surface area contributed by atoms with E-state index in [9.17, 15) is 0 Å². The average Bonchev–Trinajstić information content (AvgIpc) is 3.11. The first-order chi connectivity index (χ1) is 11.6. The monoisotopic (exact) mass is 432 g/mol. The third-order valence-electron chi connectivity index (χ3n) is 4.74. The second-order valence-corrected chi connectivity index (χ2v) is 6.00.